The summed E-state index contributed by atoms with van der Waals surface area (Å²) >= 11 is 12.0. The summed E-state index contributed by atoms with van der Waals surface area (Å²) in [7, 11) is 1.64. The Balaban J connectivity index is 0.00000338. The summed E-state index contributed by atoms with van der Waals surface area (Å²) in [5.74, 6) is 0.750. The van der Waals surface area contributed by atoms with E-state index in [1.54, 1.807) is 19.2 Å². The van der Waals surface area contributed by atoms with Crippen molar-refractivity contribution in [3.05, 3.63) is 33.8 Å². The Hall–Kier alpha value is -0.450. The van der Waals surface area contributed by atoms with Crippen LogP contribution in [0.25, 0.3) is 0 Å². The van der Waals surface area contributed by atoms with Gasteiger partial charge in [0.1, 0.15) is 0 Å². The molecule has 1 aromatic rings. The lowest BCUT2D eigenvalue weighted by Gasteiger charge is -2.19. The molecule has 0 spiro atoms. The quantitative estimate of drug-likeness (QED) is 0.345. The number of aliphatic imine (C=N–C) groups is 1. The average molecular weight is 525 g/mol. The van der Waals surface area contributed by atoms with Gasteiger partial charge in [-0.1, -0.05) is 29.3 Å². The van der Waals surface area contributed by atoms with Gasteiger partial charge in [0.25, 0.3) is 0 Å². The second-order valence-corrected chi connectivity index (χ2v) is 6.89. The fourth-order valence-corrected chi connectivity index (χ4v) is 3.26. The van der Waals surface area contributed by atoms with Crippen molar-refractivity contribution >= 4 is 53.1 Å². The van der Waals surface area contributed by atoms with E-state index in [0.29, 0.717) is 42.2 Å². The standard InChI is InChI=1S/C16H21Cl2F3N4.HI/c1-22-15(24-8-12-2-3-13(17)6-14(12)18)23-7-11-4-5-25(9-11)10-16(19,20)21;/h2-3,6,11H,4-5,7-10H2,1H3,(H2,22,23,24);1H. The minimum Gasteiger partial charge on any atom is -0.356 e. The minimum atomic E-state index is -4.14. The number of guanidine groups is 1. The average Bonchev–Trinajstić information content (AvgIpc) is 2.94. The first kappa shape index (κ1) is 23.6. The summed E-state index contributed by atoms with van der Waals surface area (Å²) in [5, 5.41) is 7.43. The molecule has 0 bridgehead atoms. The fourth-order valence-electron chi connectivity index (χ4n) is 2.78. The first-order valence-corrected chi connectivity index (χ1v) is 8.70. The van der Waals surface area contributed by atoms with Crippen molar-refractivity contribution in [2.24, 2.45) is 10.9 Å². The lowest BCUT2D eigenvalue weighted by molar-refractivity contribution is -0.143. The molecule has 2 N–H and O–H groups in total. The summed E-state index contributed by atoms with van der Waals surface area (Å²) in [4.78, 5) is 5.56. The molecule has 1 aliphatic rings. The molecule has 1 atom stereocenters. The Bertz CT molecular complexity index is 614. The first-order chi connectivity index (χ1) is 11.8. The van der Waals surface area contributed by atoms with Crippen molar-refractivity contribution in [2.45, 2.75) is 19.1 Å². The van der Waals surface area contributed by atoms with Gasteiger partial charge in [-0.15, -0.1) is 24.0 Å². The maximum absolute atomic E-state index is 12.4. The van der Waals surface area contributed by atoms with Gasteiger partial charge < -0.3 is 10.6 Å². The van der Waals surface area contributed by atoms with Gasteiger partial charge in [0.2, 0.25) is 0 Å². The SMILES string of the molecule is CN=C(NCc1ccc(Cl)cc1Cl)NCC1CCN(CC(F)(F)F)C1.I. The van der Waals surface area contributed by atoms with Crippen LogP contribution in [0.15, 0.2) is 23.2 Å². The van der Waals surface area contributed by atoms with Gasteiger partial charge in [-0.05, 0) is 36.6 Å². The summed E-state index contributed by atoms with van der Waals surface area (Å²) in [6.45, 7) is 1.11. The van der Waals surface area contributed by atoms with E-state index in [2.05, 4.69) is 15.6 Å². The molecular formula is C16H22Cl2F3IN4. The van der Waals surface area contributed by atoms with Crippen LogP contribution in [-0.4, -0.2) is 50.3 Å². The number of hydrogen-bond acceptors (Lipinski definition) is 2. The smallest absolute Gasteiger partial charge is 0.356 e. The van der Waals surface area contributed by atoms with E-state index in [1.807, 2.05) is 6.07 Å². The zero-order valence-electron chi connectivity index (χ0n) is 14.2. The normalized spacial score (nSPS) is 18.5. The van der Waals surface area contributed by atoms with Crippen molar-refractivity contribution in [3.63, 3.8) is 0 Å². The van der Waals surface area contributed by atoms with Crippen LogP contribution in [0.3, 0.4) is 0 Å². The molecule has 0 aliphatic carbocycles. The molecule has 0 amide bonds. The monoisotopic (exact) mass is 524 g/mol. The van der Waals surface area contributed by atoms with E-state index in [9.17, 15) is 13.2 Å². The Kier molecular flexibility index (Phi) is 9.77. The number of likely N-dealkylation sites (tertiary alicyclic amines) is 1. The van der Waals surface area contributed by atoms with Crippen molar-refractivity contribution in [3.8, 4) is 0 Å². The highest BCUT2D eigenvalue weighted by atomic mass is 127. The molecule has 2 rings (SSSR count). The Morgan fingerprint density at radius 2 is 2.04 bits per heavy atom. The molecule has 148 valence electrons. The number of halogens is 6. The second-order valence-electron chi connectivity index (χ2n) is 6.05. The van der Waals surface area contributed by atoms with Crippen molar-refractivity contribution in [1.82, 2.24) is 15.5 Å². The zero-order valence-corrected chi connectivity index (χ0v) is 18.1. The third kappa shape index (κ3) is 8.06. The highest BCUT2D eigenvalue weighted by Crippen LogP contribution is 2.22. The molecule has 26 heavy (non-hydrogen) atoms. The summed E-state index contributed by atoms with van der Waals surface area (Å²) in [6.07, 6.45) is -3.40. The lowest BCUT2D eigenvalue weighted by atomic mass is 10.1. The second kappa shape index (κ2) is 10.8. The van der Waals surface area contributed by atoms with Crippen LogP contribution in [0, 0.1) is 5.92 Å². The van der Waals surface area contributed by atoms with Crippen LogP contribution in [0.5, 0.6) is 0 Å². The van der Waals surface area contributed by atoms with E-state index >= 15 is 0 Å². The topological polar surface area (TPSA) is 39.7 Å². The van der Waals surface area contributed by atoms with Gasteiger partial charge in [0.15, 0.2) is 5.96 Å². The minimum absolute atomic E-state index is 0. The van der Waals surface area contributed by atoms with E-state index in [0.717, 1.165) is 12.0 Å². The molecule has 1 fully saturated rings. The fraction of sp³-hybridized carbons (Fsp3) is 0.562. The van der Waals surface area contributed by atoms with Crippen molar-refractivity contribution in [2.75, 3.05) is 33.2 Å². The van der Waals surface area contributed by atoms with E-state index in [-0.39, 0.29) is 29.9 Å². The molecule has 1 aliphatic heterocycles. The van der Waals surface area contributed by atoms with Crippen LogP contribution < -0.4 is 10.6 Å². The van der Waals surface area contributed by atoms with Crippen LogP contribution in [0.1, 0.15) is 12.0 Å². The number of hydrogen-bond donors (Lipinski definition) is 2. The molecule has 1 saturated heterocycles. The maximum atomic E-state index is 12.4. The van der Waals surface area contributed by atoms with Gasteiger partial charge in [-0.3, -0.25) is 9.89 Å². The van der Waals surface area contributed by atoms with Crippen LogP contribution in [0.4, 0.5) is 13.2 Å². The van der Waals surface area contributed by atoms with Gasteiger partial charge >= 0.3 is 6.18 Å². The van der Waals surface area contributed by atoms with Crippen LogP contribution >= 0.6 is 47.2 Å². The molecule has 1 aromatic carbocycles. The number of rotatable bonds is 5. The van der Waals surface area contributed by atoms with Gasteiger partial charge in [0, 0.05) is 36.7 Å². The Morgan fingerprint density at radius 1 is 1.31 bits per heavy atom. The van der Waals surface area contributed by atoms with Crippen molar-refractivity contribution < 1.29 is 13.2 Å². The molecule has 0 saturated carbocycles. The summed E-state index contributed by atoms with van der Waals surface area (Å²) in [5.41, 5.74) is 0.881. The highest BCUT2D eigenvalue weighted by molar-refractivity contribution is 14.0. The Labute approximate surface area is 178 Å². The third-order valence-electron chi connectivity index (χ3n) is 4.02. The molecular weight excluding hydrogens is 503 g/mol. The third-order valence-corrected chi connectivity index (χ3v) is 4.60. The summed E-state index contributed by atoms with van der Waals surface area (Å²) in [6, 6.07) is 5.26. The van der Waals surface area contributed by atoms with E-state index in [4.69, 9.17) is 23.2 Å². The van der Waals surface area contributed by atoms with E-state index < -0.39 is 12.7 Å². The Morgan fingerprint density at radius 3 is 2.65 bits per heavy atom. The maximum Gasteiger partial charge on any atom is 0.401 e. The van der Waals surface area contributed by atoms with Crippen molar-refractivity contribution in [1.29, 1.82) is 0 Å². The van der Waals surface area contributed by atoms with Crippen LogP contribution in [-0.2, 0) is 6.54 Å². The lowest BCUT2D eigenvalue weighted by Crippen LogP contribution is -2.40. The molecule has 0 aromatic heterocycles. The molecule has 4 nitrogen and oxygen atoms in total. The number of nitrogens with one attached hydrogen (secondary N) is 2. The number of alkyl halides is 3. The van der Waals surface area contributed by atoms with Crippen LogP contribution in [0.2, 0.25) is 10.0 Å². The first-order valence-electron chi connectivity index (χ1n) is 7.94. The predicted octanol–water partition coefficient (Wildman–Crippen LogP) is 4.16. The molecule has 1 heterocycles. The molecule has 0 radical (unpaired) electrons. The highest BCUT2D eigenvalue weighted by Gasteiger charge is 2.34. The summed E-state index contributed by atoms with van der Waals surface area (Å²) < 4.78 is 37.3. The van der Waals surface area contributed by atoms with Gasteiger partial charge in [-0.25, -0.2) is 0 Å². The molecule has 1 unspecified atom stereocenters. The zero-order chi connectivity index (χ0) is 18.4. The molecule has 10 heteroatoms. The van der Waals surface area contributed by atoms with Gasteiger partial charge in [0.05, 0.1) is 6.54 Å². The largest absolute Gasteiger partial charge is 0.401 e. The van der Waals surface area contributed by atoms with Gasteiger partial charge in [-0.2, -0.15) is 13.2 Å². The number of benzene rings is 1. The predicted molar refractivity (Wildman–Crippen MR) is 111 cm³/mol. The van der Waals surface area contributed by atoms with E-state index in [1.165, 1.54) is 4.90 Å². The number of nitrogens with zero attached hydrogens (tertiary/aromatic N) is 2.